The summed E-state index contributed by atoms with van der Waals surface area (Å²) < 4.78 is 0. The molecule has 0 radical (unpaired) electrons. The van der Waals surface area contributed by atoms with Crippen molar-refractivity contribution in [2.45, 2.75) is 19.4 Å². The van der Waals surface area contributed by atoms with Gasteiger partial charge in [-0.2, -0.15) is 0 Å². The van der Waals surface area contributed by atoms with E-state index in [2.05, 4.69) is 0 Å². The van der Waals surface area contributed by atoms with Crippen LogP contribution in [0.2, 0.25) is 0 Å². The van der Waals surface area contributed by atoms with E-state index in [1.807, 2.05) is 0 Å². The van der Waals surface area contributed by atoms with Gasteiger partial charge in [0.2, 0.25) is 0 Å². The molecule has 44 valence electrons. The van der Waals surface area contributed by atoms with E-state index in [0.717, 1.165) is 0 Å². The molecule has 0 fully saturated rings. The van der Waals surface area contributed by atoms with Gasteiger partial charge < -0.3 is 11.6 Å². The molecule has 0 aromatic rings. The van der Waals surface area contributed by atoms with Crippen molar-refractivity contribution < 1.29 is 46.0 Å². The first kappa shape index (κ1) is 11.3. The molecule has 0 saturated heterocycles. The normalized spacial score (nSPS) is 11.8. The molecule has 0 rings (SSSR count). The van der Waals surface area contributed by atoms with E-state index in [4.69, 9.17) is 10.2 Å². The fourth-order valence-corrected chi connectivity index (χ4v) is 0.175. The van der Waals surface area contributed by atoms with Gasteiger partial charge in [-0.05, 0) is 6.42 Å². The van der Waals surface area contributed by atoms with Gasteiger partial charge in [-0.3, -0.25) is 0 Å². The van der Waals surface area contributed by atoms with Gasteiger partial charge in [0.25, 0.3) is 0 Å². The van der Waals surface area contributed by atoms with E-state index in [-0.39, 0.29) is 37.4 Å². The number of aliphatic hydroxyl groups is 1. The van der Waals surface area contributed by atoms with Gasteiger partial charge >= 0.3 is 35.5 Å². The average molecular weight is 128 g/mol. The Morgan fingerprint density at radius 1 is 1.88 bits per heavy atom. The van der Waals surface area contributed by atoms with E-state index in [1.165, 1.54) is 0 Å². The first-order chi connectivity index (χ1) is 3.18. The van der Waals surface area contributed by atoms with Crippen LogP contribution < -0.4 is 29.6 Å². The third kappa shape index (κ3) is 4.59. The number of hydrogen-bond donors (Lipinski definition) is 2. The average Bonchev–Trinajstić information content (AvgIpc) is 1.65. The van der Waals surface area contributed by atoms with Crippen LogP contribution in [0.3, 0.4) is 0 Å². The Balaban J connectivity index is -0.000000180. The Bertz CT molecular complexity index is 78.2. The molecule has 8 heavy (non-hydrogen) atoms. The van der Waals surface area contributed by atoms with Crippen molar-refractivity contribution >= 4 is 5.97 Å². The van der Waals surface area contributed by atoms with Gasteiger partial charge in [-0.1, -0.05) is 6.92 Å². The Morgan fingerprint density at radius 3 is 2.25 bits per heavy atom. The predicted octanol–water partition coefficient (Wildman–Crippen LogP) is -3.04. The number of carbonyl (C=O) groups is 1. The van der Waals surface area contributed by atoms with E-state index in [0.29, 0.717) is 0 Å². The number of aliphatic carboxylic acids is 1. The maximum absolute atomic E-state index is 9.68. The summed E-state index contributed by atoms with van der Waals surface area (Å²) in [6, 6.07) is 0. The summed E-state index contributed by atoms with van der Waals surface area (Å²) >= 11 is 0. The van der Waals surface area contributed by atoms with Gasteiger partial charge in [0, 0.05) is 0 Å². The monoisotopic (exact) mass is 128 g/mol. The molecule has 3 nitrogen and oxygen atoms in total. The Kier molecular flexibility index (Phi) is 7.83. The minimum atomic E-state index is -1.18. The summed E-state index contributed by atoms with van der Waals surface area (Å²) in [5.41, 5.74) is 0. The van der Waals surface area contributed by atoms with Crippen molar-refractivity contribution in [2.75, 3.05) is 0 Å². The minimum Gasteiger partial charge on any atom is -1.00 e. The zero-order valence-corrected chi connectivity index (χ0v) is 7.09. The van der Waals surface area contributed by atoms with Gasteiger partial charge in [-0.25, -0.2) is 4.79 Å². The third-order valence-electron chi connectivity index (χ3n) is 0.672. The largest absolute Gasteiger partial charge is 1.00 e. The molecular formula is C4H9NaO3. The van der Waals surface area contributed by atoms with Crippen LogP contribution in [-0.4, -0.2) is 22.3 Å². The van der Waals surface area contributed by atoms with Crippen LogP contribution in [-0.2, 0) is 4.79 Å². The van der Waals surface area contributed by atoms with E-state index >= 15 is 0 Å². The topological polar surface area (TPSA) is 57.5 Å². The molecule has 0 bridgehead atoms. The summed E-state index contributed by atoms with van der Waals surface area (Å²) in [5.74, 6) is -1.15. The third-order valence-corrected chi connectivity index (χ3v) is 0.672. The van der Waals surface area contributed by atoms with E-state index < -0.39 is 12.1 Å². The number of carboxylic acid groups (broad SMARTS) is 1. The molecule has 2 N–H and O–H groups in total. The summed E-state index contributed by atoms with van der Waals surface area (Å²) in [4.78, 5) is 9.68. The molecule has 0 amide bonds. The van der Waals surface area contributed by atoms with Crippen LogP contribution in [0.4, 0.5) is 0 Å². The van der Waals surface area contributed by atoms with Gasteiger partial charge in [-0.15, -0.1) is 0 Å². The molecule has 0 unspecified atom stereocenters. The summed E-state index contributed by atoms with van der Waals surface area (Å²) in [7, 11) is 0. The second kappa shape index (κ2) is 5.56. The molecular weight excluding hydrogens is 119 g/mol. The zero-order chi connectivity index (χ0) is 5.86. The summed E-state index contributed by atoms with van der Waals surface area (Å²) in [6.45, 7) is 1.61. The molecule has 1 atom stereocenters. The summed E-state index contributed by atoms with van der Waals surface area (Å²) in [6.07, 6.45) is -0.907. The molecule has 0 aromatic heterocycles. The van der Waals surface area contributed by atoms with Crippen LogP contribution in [0.15, 0.2) is 0 Å². The number of carboxylic acids is 1. The van der Waals surface area contributed by atoms with E-state index in [9.17, 15) is 4.79 Å². The molecule has 0 heterocycles. The molecule has 0 spiro atoms. The molecule has 0 aromatic carbocycles. The van der Waals surface area contributed by atoms with Crippen LogP contribution in [0.5, 0.6) is 0 Å². The van der Waals surface area contributed by atoms with Gasteiger partial charge in [0.1, 0.15) is 0 Å². The van der Waals surface area contributed by atoms with Crippen molar-refractivity contribution in [3.63, 3.8) is 0 Å². The Hall–Kier alpha value is 0.430. The van der Waals surface area contributed by atoms with Crippen molar-refractivity contribution in [3.05, 3.63) is 0 Å². The Labute approximate surface area is 71.5 Å². The molecule has 0 aliphatic carbocycles. The van der Waals surface area contributed by atoms with Crippen molar-refractivity contribution in [1.82, 2.24) is 0 Å². The first-order valence-corrected chi connectivity index (χ1v) is 2.09. The quantitative estimate of drug-likeness (QED) is 0.389. The Morgan fingerprint density at radius 2 is 2.25 bits per heavy atom. The maximum Gasteiger partial charge on any atom is 1.00 e. The van der Waals surface area contributed by atoms with Crippen molar-refractivity contribution in [1.29, 1.82) is 0 Å². The molecule has 0 aliphatic heterocycles. The second-order valence-corrected chi connectivity index (χ2v) is 1.26. The fraction of sp³-hybridized carbons (Fsp3) is 0.750. The maximum atomic E-state index is 9.68. The minimum absolute atomic E-state index is 0. The van der Waals surface area contributed by atoms with Crippen molar-refractivity contribution in [2.24, 2.45) is 0 Å². The smallest absolute Gasteiger partial charge is 1.00 e. The van der Waals surface area contributed by atoms with Crippen LogP contribution in [0, 0.1) is 0 Å². The zero-order valence-electron chi connectivity index (χ0n) is 6.09. The van der Waals surface area contributed by atoms with Crippen LogP contribution in [0.25, 0.3) is 0 Å². The first-order valence-electron chi connectivity index (χ1n) is 2.09. The molecule has 4 heteroatoms. The molecule has 0 saturated carbocycles. The fourth-order valence-electron chi connectivity index (χ4n) is 0.175. The standard InChI is InChI=1S/C4H8O3.Na.H/c1-2-3(5)4(6)7;;/h3,5H,2H2,1H3,(H,6,7);;/q;+1;-1/t3-;;/m1../s1. The predicted molar refractivity (Wildman–Crippen MR) is 25.0 cm³/mol. The SMILES string of the molecule is CC[C@@H](O)C(=O)O.[H-].[Na+]. The number of aliphatic hydroxyl groups excluding tert-OH is 1. The van der Waals surface area contributed by atoms with Gasteiger partial charge in [0.05, 0.1) is 0 Å². The number of hydrogen-bond acceptors (Lipinski definition) is 2. The summed E-state index contributed by atoms with van der Waals surface area (Å²) in [5, 5.41) is 16.3. The number of rotatable bonds is 2. The second-order valence-electron chi connectivity index (χ2n) is 1.26. The molecule has 0 aliphatic rings. The van der Waals surface area contributed by atoms with E-state index in [1.54, 1.807) is 6.92 Å². The van der Waals surface area contributed by atoms with Crippen LogP contribution in [0.1, 0.15) is 14.8 Å². The van der Waals surface area contributed by atoms with Gasteiger partial charge in [0.15, 0.2) is 6.10 Å². The van der Waals surface area contributed by atoms with Crippen molar-refractivity contribution in [3.8, 4) is 0 Å². The van der Waals surface area contributed by atoms with Crippen LogP contribution >= 0.6 is 0 Å².